The number of unbranched alkanes of at least 4 members (excludes halogenated alkanes) is 5. The molecule has 1 aromatic rings. The zero-order valence-corrected chi connectivity index (χ0v) is 15.7. The van der Waals surface area contributed by atoms with Crippen LogP contribution in [-0.2, 0) is 16.1 Å². The number of aldehydes is 1. The molecule has 0 fully saturated rings. The third-order valence-electron chi connectivity index (χ3n) is 4.79. The molecule has 2 nitrogen and oxygen atoms in total. The minimum Gasteiger partial charge on any atom is -0.376 e. The summed E-state index contributed by atoms with van der Waals surface area (Å²) in [6.07, 6.45) is 11.9. The molecule has 0 aliphatic rings. The summed E-state index contributed by atoms with van der Waals surface area (Å²) in [6.45, 7) is 5.80. The zero-order valence-electron chi connectivity index (χ0n) is 15.7. The van der Waals surface area contributed by atoms with Crippen molar-refractivity contribution in [1.82, 2.24) is 0 Å². The number of hydrogen-bond acceptors (Lipinski definition) is 2. The molecule has 0 amide bonds. The molecule has 0 saturated heterocycles. The lowest BCUT2D eigenvalue weighted by molar-refractivity contribution is -0.114. The first-order chi connectivity index (χ1) is 11.8. The molecule has 0 spiro atoms. The summed E-state index contributed by atoms with van der Waals surface area (Å²) in [7, 11) is 0. The van der Waals surface area contributed by atoms with Crippen molar-refractivity contribution in [2.75, 3.05) is 6.61 Å². The first-order valence-corrected chi connectivity index (χ1v) is 9.88. The van der Waals surface area contributed by atoms with Crippen molar-refractivity contribution >= 4 is 6.29 Å². The molecule has 0 bridgehead atoms. The van der Waals surface area contributed by atoms with Crippen molar-refractivity contribution in [3.63, 3.8) is 0 Å². The first-order valence-electron chi connectivity index (χ1n) is 9.88. The quantitative estimate of drug-likeness (QED) is 0.283. The fourth-order valence-electron chi connectivity index (χ4n) is 3.20. The predicted octanol–water partition coefficient (Wildman–Crippen LogP) is 6.19. The average Bonchev–Trinajstić information content (AvgIpc) is 2.62. The average molecular weight is 333 g/mol. The maximum absolute atomic E-state index is 11.6. The molecule has 0 aromatic heterocycles. The molecule has 0 radical (unpaired) electrons. The van der Waals surface area contributed by atoms with Crippen molar-refractivity contribution in [2.45, 2.75) is 78.2 Å². The van der Waals surface area contributed by atoms with Gasteiger partial charge in [0.15, 0.2) is 0 Å². The van der Waals surface area contributed by atoms with Crippen molar-refractivity contribution in [1.29, 1.82) is 0 Å². The Balaban J connectivity index is 2.45. The molecular formula is C22H36O2. The standard InChI is InChI=1S/C22H36O2/c1-3-5-7-12-15-21(17-23)22(16-9-6-4-2)19-24-18-20-13-10-8-11-14-20/h8,10-11,13-14,17,21-22H,3-7,9,12,15-16,18-19H2,1-2H3/t21-,22+/m0/s1. The van der Waals surface area contributed by atoms with Gasteiger partial charge >= 0.3 is 0 Å². The summed E-state index contributed by atoms with van der Waals surface area (Å²) in [6, 6.07) is 10.3. The largest absolute Gasteiger partial charge is 0.376 e. The number of ether oxygens (including phenoxy) is 1. The number of rotatable bonds is 15. The van der Waals surface area contributed by atoms with Gasteiger partial charge in [-0.2, -0.15) is 0 Å². The minimum absolute atomic E-state index is 0.162. The molecule has 136 valence electrons. The number of carbonyl (C=O) groups is 1. The van der Waals surface area contributed by atoms with Crippen molar-refractivity contribution in [3.8, 4) is 0 Å². The van der Waals surface area contributed by atoms with Crippen LogP contribution < -0.4 is 0 Å². The van der Waals surface area contributed by atoms with Gasteiger partial charge in [0.05, 0.1) is 13.2 Å². The Morgan fingerprint density at radius 1 is 0.917 bits per heavy atom. The summed E-state index contributed by atoms with van der Waals surface area (Å²) >= 11 is 0. The van der Waals surface area contributed by atoms with Crippen LogP contribution >= 0.6 is 0 Å². The van der Waals surface area contributed by atoms with E-state index in [1.54, 1.807) is 0 Å². The van der Waals surface area contributed by atoms with Crippen LogP contribution in [0.5, 0.6) is 0 Å². The van der Waals surface area contributed by atoms with Gasteiger partial charge in [0.2, 0.25) is 0 Å². The molecular weight excluding hydrogens is 296 g/mol. The normalized spacial score (nSPS) is 13.6. The summed E-state index contributed by atoms with van der Waals surface area (Å²) in [5, 5.41) is 0. The van der Waals surface area contributed by atoms with E-state index in [9.17, 15) is 4.79 Å². The lowest BCUT2D eigenvalue weighted by Gasteiger charge is -2.23. The smallest absolute Gasteiger partial charge is 0.123 e. The Morgan fingerprint density at radius 2 is 1.58 bits per heavy atom. The van der Waals surface area contributed by atoms with E-state index in [0.29, 0.717) is 19.1 Å². The summed E-state index contributed by atoms with van der Waals surface area (Å²) in [4.78, 5) is 11.6. The van der Waals surface area contributed by atoms with Crippen LogP contribution in [0.15, 0.2) is 30.3 Å². The topological polar surface area (TPSA) is 26.3 Å². The fraction of sp³-hybridized carbons (Fsp3) is 0.682. The Labute approximate surface area is 149 Å². The molecule has 2 heteroatoms. The van der Waals surface area contributed by atoms with Gasteiger partial charge in [-0.3, -0.25) is 0 Å². The van der Waals surface area contributed by atoms with E-state index in [1.807, 2.05) is 18.2 Å². The van der Waals surface area contributed by atoms with Gasteiger partial charge in [-0.25, -0.2) is 0 Å². The van der Waals surface area contributed by atoms with Gasteiger partial charge < -0.3 is 9.53 Å². The molecule has 1 rings (SSSR count). The van der Waals surface area contributed by atoms with E-state index in [-0.39, 0.29) is 5.92 Å². The summed E-state index contributed by atoms with van der Waals surface area (Å²) < 4.78 is 5.96. The third kappa shape index (κ3) is 9.22. The third-order valence-corrected chi connectivity index (χ3v) is 4.79. The number of hydrogen-bond donors (Lipinski definition) is 0. The molecule has 0 unspecified atom stereocenters. The van der Waals surface area contributed by atoms with Crippen LogP contribution in [0, 0.1) is 11.8 Å². The Morgan fingerprint density at radius 3 is 2.25 bits per heavy atom. The van der Waals surface area contributed by atoms with Gasteiger partial charge in [0.25, 0.3) is 0 Å². The molecule has 0 saturated carbocycles. The van der Waals surface area contributed by atoms with E-state index in [1.165, 1.54) is 56.8 Å². The van der Waals surface area contributed by atoms with Gasteiger partial charge in [-0.15, -0.1) is 0 Å². The minimum atomic E-state index is 0.162. The Kier molecular flexibility index (Phi) is 12.4. The van der Waals surface area contributed by atoms with Crippen molar-refractivity contribution < 1.29 is 9.53 Å². The molecule has 2 atom stereocenters. The molecule has 0 N–H and O–H groups in total. The lowest BCUT2D eigenvalue weighted by atomic mass is 9.85. The highest BCUT2D eigenvalue weighted by Gasteiger charge is 2.20. The zero-order chi connectivity index (χ0) is 17.5. The second-order valence-corrected chi connectivity index (χ2v) is 6.91. The second kappa shape index (κ2) is 14.2. The van der Waals surface area contributed by atoms with Crippen LogP contribution in [0.3, 0.4) is 0 Å². The van der Waals surface area contributed by atoms with Crippen molar-refractivity contribution in [2.24, 2.45) is 11.8 Å². The van der Waals surface area contributed by atoms with E-state index in [0.717, 1.165) is 12.8 Å². The van der Waals surface area contributed by atoms with Gasteiger partial charge in [-0.1, -0.05) is 89.1 Å². The molecule has 0 heterocycles. The molecule has 0 aliphatic carbocycles. The van der Waals surface area contributed by atoms with E-state index in [4.69, 9.17) is 4.74 Å². The Bertz CT molecular complexity index is 402. The summed E-state index contributed by atoms with van der Waals surface area (Å²) in [5.41, 5.74) is 1.20. The maximum Gasteiger partial charge on any atom is 0.123 e. The van der Waals surface area contributed by atoms with Gasteiger partial charge in [0, 0.05) is 5.92 Å². The maximum atomic E-state index is 11.6. The van der Waals surface area contributed by atoms with E-state index >= 15 is 0 Å². The van der Waals surface area contributed by atoms with E-state index < -0.39 is 0 Å². The van der Waals surface area contributed by atoms with Gasteiger partial charge in [-0.05, 0) is 24.3 Å². The van der Waals surface area contributed by atoms with E-state index in [2.05, 4.69) is 26.0 Å². The number of benzene rings is 1. The predicted molar refractivity (Wildman–Crippen MR) is 102 cm³/mol. The van der Waals surface area contributed by atoms with Crippen LogP contribution in [-0.4, -0.2) is 12.9 Å². The van der Waals surface area contributed by atoms with Crippen LogP contribution in [0.1, 0.15) is 77.2 Å². The molecule has 1 aromatic carbocycles. The van der Waals surface area contributed by atoms with Crippen LogP contribution in [0.25, 0.3) is 0 Å². The highest BCUT2D eigenvalue weighted by Crippen LogP contribution is 2.24. The van der Waals surface area contributed by atoms with Gasteiger partial charge in [0.1, 0.15) is 6.29 Å². The summed E-state index contributed by atoms with van der Waals surface area (Å²) in [5.74, 6) is 0.536. The first kappa shape index (κ1) is 20.9. The number of carbonyl (C=O) groups excluding carboxylic acids is 1. The monoisotopic (exact) mass is 332 g/mol. The second-order valence-electron chi connectivity index (χ2n) is 6.91. The highest BCUT2D eigenvalue weighted by atomic mass is 16.5. The SMILES string of the molecule is CCCCCC[C@@H](C=O)[C@H](CCCCC)COCc1ccccc1. The van der Waals surface area contributed by atoms with Crippen LogP contribution in [0.4, 0.5) is 0 Å². The van der Waals surface area contributed by atoms with Crippen LogP contribution in [0.2, 0.25) is 0 Å². The van der Waals surface area contributed by atoms with Crippen molar-refractivity contribution in [3.05, 3.63) is 35.9 Å². The molecule has 24 heavy (non-hydrogen) atoms. The fourth-order valence-corrected chi connectivity index (χ4v) is 3.20. The molecule has 0 aliphatic heterocycles. The Hall–Kier alpha value is -1.15. The highest BCUT2D eigenvalue weighted by molar-refractivity contribution is 5.54. The lowest BCUT2D eigenvalue weighted by Crippen LogP contribution is -2.22.